The zero-order valence-electron chi connectivity index (χ0n) is 6.42. The van der Waals surface area contributed by atoms with E-state index in [0.717, 1.165) is 5.75 Å². The number of rotatable bonds is 0. The lowest BCUT2D eigenvalue weighted by molar-refractivity contribution is -0.358. The Hall–Kier alpha value is -0.760. The van der Waals surface area contributed by atoms with Crippen molar-refractivity contribution < 1.29 is 4.99 Å². The van der Waals surface area contributed by atoms with Gasteiger partial charge in [-0.25, -0.2) is 4.99 Å². The molecule has 0 unspecified atom stereocenters. The molecular weight excluding hydrogens is 154 g/mol. The zero-order valence-corrected chi connectivity index (χ0v) is 7.24. The fourth-order valence-electron chi connectivity index (χ4n) is 1.15. The summed E-state index contributed by atoms with van der Waals surface area (Å²) in [6.07, 6.45) is 0. The Kier molecular flexibility index (Phi) is 1.70. The number of para-hydroxylation sites is 1. The first kappa shape index (κ1) is 6.92. The molecule has 11 heavy (non-hydrogen) atoms. The average molecular weight is 164 g/mol. The van der Waals surface area contributed by atoms with Gasteiger partial charge in [0.1, 0.15) is 0 Å². The molecule has 0 bridgehead atoms. The summed E-state index contributed by atoms with van der Waals surface area (Å²) >= 11 is 1.90. The lowest BCUT2D eigenvalue weighted by Gasteiger charge is -2.04. The van der Waals surface area contributed by atoms with Gasteiger partial charge in [0.05, 0.1) is 10.6 Å². The van der Waals surface area contributed by atoms with Crippen LogP contribution in [0.15, 0.2) is 29.2 Å². The first-order chi connectivity index (χ1) is 5.36. The molecule has 1 heterocycles. The third-order valence-electron chi connectivity index (χ3n) is 1.68. The van der Waals surface area contributed by atoms with Crippen LogP contribution in [0, 0.1) is 0 Å². The lowest BCUT2D eigenvalue weighted by atomic mass is 10.3. The zero-order chi connectivity index (χ0) is 7.68. The monoisotopic (exact) mass is 164 g/mol. The van der Waals surface area contributed by atoms with Gasteiger partial charge in [-0.1, -0.05) is 12.1 Å². The predicted octanol–water partition coefficient (Wildman–Crippen LogP) is 0.965. The van der Waals surface area contributed by atoms with E-state index in [1.54, 1.807) is 0 Å². The lowest BCUT2D eigenvalue weighted by Crippen LogP contribution is -2.67. The standard InChI is InChI=1S/C9H9NS/c1-7-6-11-9-5-3-2-4-8(9)10-7/h2-5H,6H2,1H3/p+1. The molecule has 1 aliphatic rings. The van der Waals surface area contributed by atoms with Crippen molar-refractivity contribution in [1.82, 2.24) is 0 Å². The van der Waals surface area contributed by atoms with Crippen LogP contribution in [0.25, 0.3) is 0 Å². The molecule has 0 radical (unpaired) electrons. The molecule has 0 aliphatic carbocycles. The van der Waals surface area contributed by atoms with E-state index in [1.165, 1.54) is 16.3 Å². The minimum atomic E-state index is 1.09. The second kappa shape index (κ2) is 2.70. The first-order valence-corrected chi connectivity index (χ1v) is 4.66. The molecule has 1 aliphatic heterocycles. The molecule has 2 rings (SSSR count). The molecular formula is C9H10NS+. The number of nitrogens with one attached hydrogen (secondary N) is 1. The molecule has 56 valence electrons. The van der Waals surface area contributed by atoms with Gasteiger partial charge in [-0.15, -0.1) is 11.8 Å². The minimum Gasteiger partial charge on any atom is -0.211 e. The van der Waals surface area contributed by atoms with Crippen molar-refractivity contribution in [3.8, 4) is 0 Å². The highest BCUT2D eigenvalue weighted by Gasteiger charge is 2.13. The molecule has 1 N–H and O–H groups in total. The van der Waals surface area contributed by atoms with Gasteiger partial charge < -0.3 is 0 Å². The number of fused-ring (bicyclic) bond motifs is 1. The number of thioether (sulfide) groups is 1. The van der Waals surface area contributed by atoms with Crippen LogP contribution in [0.2, 0.25) is 0 Å². The summed E-state index contributed by atoms with van der Waals surface area (Å²) in [7, 11) is 0. The Balaban J connectivity index is 2.51. The van der Waals surface area contributed by atoms with E-state index in [1.807, 2.05) is 11.8 Å². The van der Waals surface area contributed by atoms with Crippen LogP contribution in [-0.2, 0) is 0 Å². The third-order valence-corrected chi connectivity index (χ3v) is 2.92. The maximum absolute atomic E-state index is 3.36. The van der Waals surface area contributed by atoms with E-state index in [9.17, 15) is 0 Å². The topological polar surface area (TPSA) is 14.0 Å². The van der Waals surface area contributed by atoms with Gasteiger partial charge in [0, 0.05) is 13.0 Å². The van der Waals surface area contributed by atoms with Crippen molar-refractivity contribution in [3.63, 3.8) is 0 Å². The van der Waals surface area contributed by atoms with Crippen molar-refractivity contribution >= 4 is 23.2 Å². The van der Waals surface area contributed by atoms with Crippen molar-refractivity contribution in [2.24, 2.45) is 0 Å². The van der Waals surface area contributed by atoms with E-state index >= 15 is 0 Å². The normalized spacial score (nSPS) is 15.5. The second-order valence-corrected chi connectivity index (χ2v) is 3.71. The smallest absolute Gasteiger partial charge is 0.211 e. The summed E-state index contributed by atoms with van der Waals surface area (Å²) in [6, 6.07) is 8.41. The Morgan fingerprint density at radius 2 is 2.18 bits per heavy atom. The number of hydrogen-bond acceptors (Lipinski definition) is 1. The molecule has 0 amide bonds. The van der Waals surface area contributed by atoms with Crippen molar-refractivity contribution in [2.75, 3.05) is 5.75 Å². The molecule has 0 saturated carbocycles. The van der Waals surface area contributed by atoms with Crippen LogP contribution < -0.4 is 4.99 Å². The van der Waals surface area contributed by atoms with Crippen molar-refractivity contribution in [2.45, 2.75) is 11.8 Å². The highest BCUT2D eigenvalue weighted by Crippen LogP contribution is 2.24. The Labute approximate surface area is 70.5 Å². The summed E-state index contributed by atoms with van der Waals surface area (Å²) in [6.45, 7) is 2.13. The number of benzene rings is 1. The molecule has 0 saturated heterocycles. The Bertz CT molecular complexity index is 304. The largest absolute Gasteiger partial charge is 0.217 e. The van der Waals surface area contributed by atoms with Gasteiger partial charge in [-0.2, -0.15) is 0 Å². The maximum atomic E-state index is 3.36. The fourth-order valence-corrected chi connectivity index (χ4v) is 2.04. The van der Waals surface area contributed by atoms with Gasteiger partial charge in [0.15, 0.2) is 5.71 Å². The second-order valence-electron chi connectivity index (χ2n) is 2.69. The first-order valence-electron chi connectivity index (χ1n) is 3.67. The highest BCUT2D eigenvalue weighted by molar-refractivity contribution is 8.00. The molecule has 0 spiro atoms. The molecule has 0 aromatic heterocycles. The third kappa shape index (κ3) is 1.31. The molecule has 1 nitrogen and oxygen atoms in total. The van der Waals surface area contributed by atoms with E-state index in [2.05, 4.69) is 36.2 Å². The number of hydrogen-bond donors (Lipinski definition) is 1. The van der Waals surface area contributed by atoms with E-state index in [4.69, 9.17) is 0 Å². The van der Waals surface area contributed by atoms with Gasteiger partial charge in [0.25, 0.3) is 0 Å². The van der Waals surface area contributed by atoms with Crippen LogP contribution in [-0.4, -0.2) is 11.5 Å². The molecule has 1 aromatic carbocycles. The summed E-state index contributed by atoms with van der Waals surface area (Å²) in [5.74, 6) is 1.09. The molecule has 1 aromatic rings. The van der Waals surface area contributed by atoms with Crippen LogP contribution in [0.1, 0.15) is 6.92 Å². The molecule has 0 atom stereocenters. The Morgan fingerprint density at radius 3 is 3.09 bits per heavy atom. The van der Waals surface area contributed by atoms with Gasteiger partial charge in [-0.3, -0.25) is 0 Å². The summed E-state index contributed by atoms with van der Waals surface area (Å²) in [5, 5.41) is 0. The highest BCUT2D eigenvalue weighted by atomic mass is 32.2. The molecule has 2 heteroatoms. The van der Waals surface area contributed by atoms with Crippen molar-refractivity contribution in [3.05, 3.63) is 24.3 Å². The Morgan fingerprint density at radius 1 is 1.36 bits per heavy atom. The van der Waals surface area contributed by atoms with E-state index in [-0.39, 0.29) is 0 Å². The average Bonchev–Trinajstić information content (AvgIpc) is 2.04. The van der Waals surface area contributed by atoms with Crippen molar-refractivity contribution in [1.29, 1.82) is 0 Å². The predicted molar refractivity (Wildman–Crippen MR) is 48.5 cm³/mol. The van der Waals surface area contributed by atoms with Gasteiger partial charge in [-0.05, 0) is 6.07 Å². The van der Waals surface area contributed by atoms with Crippen LogP contribution in [0.3, 0.4) is 0 Å². The summed E-state index contributed by atoms with van der Waals surface area (Å²) in [5.41, 5.74) is 2.59. The summed E-state index contributed by atoms with van der Waals surface area (Å²) < 4.78 is 0. The summed E-state index contributed by atoms with van der Waals surface area (Å²) in [4.78, 5) is 4.72. The van der Waals surface area contributed by atoms with Gasteiger partial charge in [0.2, 0.25) is 5.69 Å². The van der Waals surface area contributed by atoms with Gasteiger partial charge >= 0.3 is 0 Å². The molecule has 0 fully saturated rings. The van der Waals surface area contributed by atoms with E-state index < -0.39 is 0 Å². The SMILES string of the molecule is CC1=[NH+]c2ccccc2SC1. The minimum absolute atomic E-state index is 1.09. The maximum Gasteiger partial charge on any atom is 0.217 e. The van der Waals surface area contributed by atoms with Crippen LogP contribution in [0.4, 0.5) is 5.69 Å². The fraction of sp³-hybridized carbons (Fsp3) is 0.222. The van der Waals surface area contributed by atoms with Crippen LogP contribution in [0.5, 0.6) is 0 Å². The van der Waals surface area contributed by atoms with Crippen LogP contribution >= 0.6 is 11.8 Å². The quantitative estimate of drug-likeness (QED) is 0.603. The van der Waals surface area contributed by atoms with E-state index in [0.29, 0.717) is 0 Å².